The first-order valence-corrected chi connectivity index (χ1v) is 7.95. The molecule has 1 aliphatic heterocycles. The Morgan fingerprint density at radius 1 is 1.36 bits per heavy atom. The summed E-state index contributed by atoms with van der Waals surface area (Å²) in [7, 11) is 0. The molecule has 1 aromatic heterocycles. The molecular weight excluding hydrogens is 302 g/mol. The molecule has 0 unspecified atom stereocenters. The highest BCUT2D eigenvalue weighted by molar-refractivity contribution is 7.13. The zero-order valence-corrected chi connectivity index (χ0v) is 12.8. The number of aromatic nitrogens is 1. The van der Waals surface area contributed by atoms with Crippen LogP contribution in [-0.2, 0) is 11.2 Å². The fraction of sp³-hybridized carbons (Fsp3) is 0.333. The van der Waals surface area contributed by atoms with Crippen LogP contribution in [0.5, 0.6) is 11.5 Å². The quantitative estimate of drug-likeness (QED) is 0.789. The lowest BCUT2D eigenvalue weighted by atomic mass is 10.2. The summed E-state index contributed by atoms with van der Waals surface area (Å²) in [5.41, 5.74) is 7.12. The molecule has 22 heavy (non-hydrogen) atoms. The van der Waals surface area contributed by atoms with Crippen molar-refractivity contribution < 1.29 is 14.3 Å². The van der Waals surface area contributed by atoms with Crippen LogP contribution < -0.4 is 20.5 Å². The number of hydrogen-bond acceptors (Lipinski definition) is 6. The summed E-state index contributed by atoms with van der Waals surface area (Å²) in [5, 5.41) is 5.59. The van der Waals surface area contributed by atoms with E-state index in [-0.39, 0.29) is 19.1 Å². The summed E-state index contributed by atoms with van der Waals surface area (Å²) >= 11 is 1.51. The van der Waals surface area contributed by atoms with Gasteiger partial charge in [-0.25, -0.2) is 4.98 Å². The Balaban J connectivity index is 1.65. The van der Waals surface area contributed by atoms with Gasteiger partial charge in [0, 0.05) is 17.5 Å². The molecule has 2 heterocycles. The molecule has 7 heteroatoms. The summed E-state index contributed by atoms with van der Waals surface area (Å²) in [6, 6.07) is 5.72. The number of nitrogens with one attached hydrogen (secondary N) is 1. The van der Waals surface area contributed by atoms with Crippen LogP contribution in [0.1, 0.15) is 12.1 Å². The van der Waals surface area contributed by atoms with Crippen molar-refractivity contribution in [2.75, 3.05) is 19.9 Å². The van der Waals surface area contributed by atoms with E-state index in [1.165, 1.54) is 11.3 Å². The highest BCUT2D eigenvalue weighted by Crippen LogP contribution is 2.36. The number of fused-ring (bicyclic) bond motifs is 1. The van der Waals surface area contributed by atoms with Crippen molar-refractivity contribution in [3.8, 4) is 22.1 Å². The molecule has 0 bridgehead atoms. The smallest absolute Gasteiger partial charge is 0.231 e. The topological polar surface area (TPSA) is 86.5 Å². The second-order valence-electron chi connectivity index (χ2n) is 4.88. The predicted molar refractivity (Wildman–Crippen MR) is 84.1 cm³/mol. The molecule has 0 fully saturated rings. The van der Waals surface area contributed by atoms with E-state index < -0.39 is 0 Å². The second-order valence-corrected chi connectivity index (χ2v) is 5.74. The van der Waals surface area contributed by atoms with E-state index in [2.05, 4.69) is 10.3 Å². The molecule has 6 nitrogen and oxygen atoms in total. The predicted octanol–water partition coefficient (Wildman–Crippen LogP) is 1.55. The van der Waals surface area contributed by atoms with Crippen molar-refractivity contribution in [1.29, 1.82) is 0 Å². The second kappa shape index (κ2) is 6.76. The average molecular weight is 319 g/mol. The molecule has 1 amide bonds. The SMILES string of the molecule is NCCCNC(=O)Cc1csc(-c2ccc3c(c2)OCO3)n1. The number of rotatable bonds is 6. The van der Waals surface area contributed by atoms with E-state index in [4.69, 9.17) is 15.2 Å². The molecule has 3 N–H and O–H groups in total. The first-order valence-electron chi connectivity index (χ1n) is 7.07. The number of carbonyl (C=O) groups is 1. The van der Waals surface area contributed by atoms with Crippen LogP contribution in [0.4, 0.5) is 0 Å². The van der Waals surface area contributed by atoms with Crippen LogP contribution in [-0.4, -0.2) is 30.8 Å². The van der Waals surface area contributed by atoms with E-state index in [1.54, 1.807) is 0 Å². The lowest BCUT2D eigenvalue weighted by Gasteiger charge is -2.02. The normalized spacial score (nSPS) is 12.4. The zero-order chi connectivity index (χ0) is 15.4. The van der Waals surface area contributed by atoms with E-state index >= 15 is 0 Å². The Kier molecular flexibility index (Phi) is 4.55. The minimum Gasteiger partial charge on any atom is -0.454 e. The molecule has 0 spiro atoms. The van der Waals surface area contributed by atoms with Gasteiger partial charge in [-0.15, -0.1) is 11.3 Å². The number of nitrogens with zero attached hydrogens (tertiary/aromatic N) is 1. The third-order valence-electron chi connectivity index (χ3n) is 3.22. The van der Waals surface area contributed by atoms with Crippen molar-refractivity contribution in [2.24, 2.45) is 5.73 Å². The van der Waals surface area contributed by atoms with Crippen molar-refractivity contribution in [3.63, 3.8) is 0 Å². The van der Waals surface area contributed by atoms with Gasteiger partial charge in [-0.2, -0.15) is 0 Å². The molecule has 0 aliphatic carbocycles. The van der Waals surface area contributed by atoms with Crippen LogP contribution in [0.15, 0.2) is 23.6 Å². The van der Waals surface area contributed by atoms with E-state index in [1.807, 2.05) is 23.6 Å². The Bertz CT molecular complexity index is 672. The van der Waals surface area contributed by atoms with Gasteiger partial charge in [-0.05, 0) is 31.2 Å². The molecule has 3 rings (SSSR count). The van der Waals surface area contributed by atoms with Gasteiger partial charge in [0.15, 0.2) is 11.5 Å². The van der Waals surface area contributed by atoms with Crippen LogP contribution >= 0.6 is 11.3 Å². The third kappa shape index (κ3) is 3.37. The number of benzene rings is 1. The lowest BCUT2D eigenvalue weighted by molar-refractivity contribution is -0.120. The first-order chi connectivity index (χ1) is 10.8. The maximum atomic E-state index is 11.8. The standard InChI is InChI=1S/C15H17N3O3S/c16-4-1-5-17-14(19)7-11-8-22-15(18-11)10-2-3-12-13(6-10)21-9-20-12/h2-3,6,8H,1,4-5,7,9,16H2,(H,17,19). The zero-order valence-electron chi connectivity index (χ0n) is 12.0. The van der Waals surface area contributed by atoms with Crippen LogP contribution in [0.3, 0.4) is 0 Å². The van der Waals surface area contributed by atoms with E-state index in [0.717, 1.165) is 34.2 Å². The Labute approximate surface area is 132 Å². The summed E-state index contributed by atoms with van der Waals surface area (Å²) < 4.78 is 10.7. The van der Waals surface area contributed by atoms with Gasteiger partial charge in [0.1, 0.15) is 5.01 Å². The minimum absolute atomic E-state index is 0.0315. The van der Waals surface area contributed by atoms with Gasteiger partial charge in [-0.3, -0.25) is 4.79 Å². The number of carbonyl (C=O) groups excluding carboxylic acids is 1. The lowest BCUT2D eigenvalue weighted by Crippen LogP contribution is -2.27. The number of amides is 1. The highest BCUT2D eigenvalue weighted by atomic mass is 32.1. The van der Waals surface area contributed by atoms with Crippen LogP contribution in [0.2, 0.25) is 0 Å². The van der Waals surface area contributed by atoms with Gasteiger partial charge < -0.3 is 20.5 Å². The molecule has 0 saturated heterocycles. The van der Waals surface area contributed by atoms with Crippen molar-refractivity contribution in [2.45, 2.75) is 12.8 Å². The molecule has 0 atom stereocenters. The van der Waals surface area contributed by atoms with Gasteiger partial charge in [0.2, 0.25) is 12.7 Å². The summed E-state index contributed by atoms with van der Waals surface area (Å²) in [6.45, 7) is 1.44. The van der Waals surface area contributed by atoms with E-state index in [0.29, 0.717) is 13.1 Å². The first kappa shape index (κ1) is 14.8. The largest absolute Gasteiger partial charge is 0.454 e. The van der Waals surface area contributed by atoms with Gasteiger partial charge in [-0.1, -0.05) is 0 Å². The molecule has 1 aliphatic rings. The summed E-state index contributed by atoms with van der Waals surface area (Å²) in [6.07, 6.45) is 1.07. The molecule has 1 aromatic carbocycles. The van der Waals surface area contributed by atoms with Crippen molar-refractivity contribution in [1.82, 2.24) is 10.3 Å². The van der Waals surface area contributed by atoms with Crippen molar-refractivity contribution >= 4 is 17.2 Å². The van der Waals surface area contributed by atoms with Crippen LogP contribution in [0, 0.1) is 0 Å². The van der Waals surface area contributed by atoms with E-state index in [9.17, 15) is 4.79 Å². The number of hydrogen-bond donors (Lipinski definition) is 2. The molecular formula is C15H17N3O3S. The Morgan fingerprint density at radius 3 is 3.09 bits per heavy atom. The van der Waals surface area contributed by atoms with Gasteiger partial charge in [0.25, 0.3) is 0 Å². The van der Waals surface area contributed by atoms with Crippen molar-refractivity contribution in [3.05, 3.63) is 29.3 Å². The average Bonchev–Trinajstić information content (AvgIpc) is 3.15. The number of ether oxygens (including phenoxy) is 2. The summed E-state index contributed by atoms with van der Waals surface area (Å²) in [4.78, 5) is 16.3. The maximum Gasteiger partial charge on any atom is 0.231 e. The maximum absolute atomic E-state index is 11.8. The molecule has 2 aromatic rings. The number of thiazole rings is 1. The molecule has 0 radical (unpaired) electrons. The fourth-order valence-corrected chi connectivity index (χ4v) is 2.92. The molecule has 116 valence electrons. The Morgan fingerprint density at radius 2 is 2.23 bits per heavy atom. The fourth-order valence-electron chi connectivity index (χ4n) is 2.11. The van der Waals surface area contributed by atoms with Crippen LogP contribution in [0.25, 0.3) is 10.6 Å². The van der Waals surface area contributed by atoms with Gasteiger partial charge >= 0.3 is 0 Å². The number of nitrogens with two attached hydrogens (primary N) is 1. The third-order valence-corrected chi connectivity index (χ3v) is 4.16. The summed E-state index contributed by atoms with van der Waals surface area (Å²) in [5.74, 6) is 1.45. The minimum atomic E-state index is -0.0315. The molecule has 0 saturated carbocycles. The Hall–Kier alpha value is -2.12. The monoisotopic (exact) mass is 319 g/mol. The highest BCUT2D eigenvalue weighted by Gasteiger charge is 2.15. The van der Waals surface area contributed by atoms with Gasteiger partial charge in [0.05, 0.1) is 12.1 Å².